The first-order valence-electron chi connectivity index (χ1n) is 11.8. The van der Waals surface area contributed by atoms with Gasteiger partial charge in [-0.25, -0.2) is 4.68 Å². The highest BCUT2D eigenvalue weighted by molar-refractivity contribution is 7.78. The number of hydrogen-bond acceptors (Lipinski definition) is 5. The lowest BCUT2D eigenvalue weighted by Crippen LogP contribution is -2.51. The van der Waals surface area contributed by atoms with Gasteiger partial charge in [0.05, 0.1) is 17.9 Å². The Kier molecular flexibility index (Phi) is 6.34. The van der Waals surface area contributed by atoms with E-state index in [1.165, 1.54) is 11.8 Å². The molecule has 2 atom stereocenters. The van der Waals surface area contributed by atoms with Crippen LogP contribution in [0, 0.1) is 6.92 Å². The molecule has 0 saturated carbocycles. The number of nitrogens with zero attached hydrogens (tertiary/aromatic N) is 6. The maximum absolute atomic E-state index is 13.1. The molecule has 0 N–H and O–H groups in total. The van der Waals surface area contributed by atoms with Crippen molar-refractivity contribution in [2.24, 2.45) is 0 Å². The minimum Gasteiger partial charge on any atom is -0.354 e. The van der Waals surface area contributed by atoms with E-state index in [0.717, 1.165) is 68.0 Å². The summed E-state index contributed by atoms with van der Waals surface area (Å²) in [5.41, 5.74) is 2.07. The summed E-state index contributed by atoms with van der Waals surface area (Å²) in [7, 11) is 0. The predicted octanol–water partition coefficient (Wildman–Crippen LogP) is 0.907. The summed E-state index contributed by atoms with van der Waals surface area (Å²) in [6.07, 6.45) is 0.743. The van der Waals surface area contributed by atoms with Gasteiger partial charge < -0.3 is 9.80 Å². The van der Waals surface area contributed by atoms with Gasteiger partial charge in [-0.15, -0.1) is 0 Å². The van der Waals surface area contributed by atoms with Gasteiger partial charge in [0.1, 0.15) is 17.6 Å². The smallest absolute Gasteiger partial charge is 0.249 e. The van der Waals surface area contributed by atoms with Crippen LogP contribution in [-0.4, -0.2) is 99.3 Å². The molecular weight excluding hydrogens is 436 g/mol. The van der Waals surface area contributed by atoms with E-state index in [-0.39, 0.29) is 23.9 Å². The fourth-order valence-corrected chi connectivity index (χ4v) is 6.34. The number of para-hydroxylation sites is 1. The SMILES string of the molecule is CC(=O)N1C[C@@H](N2CCN(c3cc(C)nn3-c3ccccc3)CC2)C[C@H]1C(=O)N1CC[SH+]C1. The van der Waals surface area contributed by atoms with Gasteiger partial charge in [0.2, 0.25) is 11.8 Å². The second-order valence-electron chi connectivity index (χ2n) is 9.18. The van der Waals surface area contributed by atoms with Crippen molar-refractivity contribution in [3.8, 4) is 5.69 Å². The van der Waals surface area contributed by atoms with E-state index >= 15 is 0 Å². The molecule has 3 aliphatic rings. The van der Waals surface area contributed by atoms with Crippen molar-refractivity contribution in [2.75, 3.05) is 55.8 Å². The molecule has 3 aliphatic heterocycles. The first kappa shape index (κ1) is 22.3. The number of rotatable bonds is 4. The molecule has 33 heavy (non-hydrogen) atoms. The summed E-state index contributed by atoms with van der Waals surface area (Å²) in [4.78, 5) is 34.0. The van der Waals surface area contributed by atoms with Crippen LogP contribution < -0.4 is 4.90 Å². The lowest BCUT2D eigenvalue weighted by molar-refractivity contribution is -0.141. The third kappa shape index (κ3) is 4.48. The lowest BCUT2D eigenvalue weighted by atomic mass is 10.1. The summed E-state index contributed by atoms with van der Waals surface area (Å²) in [6, 6.07) is 12.3. The van der Waals surface area contributed by atoms with Crippen LogP contribution in [0.3, 0.4) is 0 Å². The van der Waals surface area contributed by atoms with Crippen LogP contribution in [0.2, 0.25) is 0 Å². The Morgan fingerprint density at radius 2 is 1.82 bits per heavy atom. The number of carbonyl (C=O) groups excluding carboxylic acids is 2. The molecule has 1 aromatic heterocycles. The molecule has 0 spiro atoms. The van der Waals surface area contributed by atoms with Gasteiger partial charge in [-0.3, -0.25) is 19.4 Å². The average Bonchev–Trinajstić information content (AvgIpc) is 3.59. The number of amides is 2. The number of aromatic nitrogens is 2. The van der Waals surface area contributed by atoms with Crippen molar-refractivity contribution in [1.82, 2.24) is 24.5 Å². The van der Waals surface area contributed by atoms with E-state index in [4.69, 9.17) is 5.10 Å². The molecule has 0 bridgehead atoms. The summed E-state index contributed by atoms with van der Waals surface area (Å²) < 4.78 is 2.03. The van der Waals surface area contributed by atoms with Gasteiger partial charge in [0, 0.05) is 51.8 Å². The number of likely N-dealkylation sites (tertiary alicyclic amines) is 1. The largest absolute Gasteiger partial charge is 0.354 e. The maximum Gasteiger partial charge on any atom is 0.249 e. The highest BCUT2D eigenvalue weighted by Gasteiger charge is 2.44. The monoisotopic (exact) mass is 469 g/mol. The minimum atomic E-state index is -0.305. The number of anilines is 1. The highest BCUT2D eigenvalue weighted by Crippen LogP contribution is 2.28. The van der Waals surface area contributed by atoms with Crippen LogP contribution in [0.15, 0.2) is 36.4 Å². The quantitative estimate of drug-likeness (QED) is 0.492. The van der Waals surface area contributed by atoms with Crippen LogP contribution in [0.25, 0.3) is 5.69 Å². The van der Waals surface area contributed by atoms with Crippen LogP contribution in [0.5, 0.6) is 0 Å². The van der Waals surface area contributed by atoms with Crippen molar-refractivity contribution >= 4 is 29.4 Å². The van der Waals surface area contributed by atoms with E-state index < -0.39 is 0 Å². The molecule has 2 amide bonds. The minimum absolute atomic E-state index is 0.00784. The van der Waals surface area contributed by atoms with Gasteiger partial charge in [-0.1, -0.05) is 18.2 Å². The van der Waals surface area contributed by atoms with Gasteiger partial charge in [0.15, 0.2) is 5.88 Å². The highest BCUT2D eigenvalue weighted by atomic mass is 32.2. The Hall–Kier alpha value is -2.52. The third-order valence-electron chi connectivity index (χ3n) is 7.05. The number of thiol groups is 1. The zero-order valence-corrected chi connectivity index (χ0v) is 20.3. The van der Waals surface area contributed by atoms with Crippen LogP contribution in [0.4, 0.5) is 5.82 Å². The van der Waals surface area contributed by atoms with Gasteiger partial charge in [0.25, 0.3) is 0 Å². The Balaban J connectivity index is 1.25. The van der Waals surface area contributed by atoms with E-state index in [9.17, 15) is 9.59 Å². The molecule has 0 radical (unpaired) electrons. The first-order chi connectivity index (χ1) is 16.0. The molecule has 0 aliphatic carbocycles. The Labute approximate surface area is 199 Å². The molecule has 0 unspecified atom stereocenters. The van der Waals surface area contributed by atoms with Crippen molar-refractivity contribution in [3.63, 3.8) is 0 Å². The molecule has 176 valence electrons. The van der Waals surface area contributed by atoms with Crippen LogP contribution in [0.1, 0.15) is 19.0 Å². The molecule has 1 aromatic carbocycles. The Morgan fingerprint density at radius 1 is 1.06 bits per heavy atom. The topological polar surface area (TPSA) is 64.9 Å². The van der Waals surface area contributed by atoms with Crippen molar-refractivity contribution in [2.45, 2.75) is 32.4 Å². The molecule has 3 fully saturated rings. The zero-order chi connectivity index (χ0) is 22.9. The van der Waals surface area contributed by atoms with E-state index in [2.05, 4.69) is 28.0 Å². The van der Waals surface area contributed by atoms with E-state index in [0.29, 0.717) is 6.54 Å². The normalized spacial score (nSPS) is 24.0. The summed E-state index contributed by atoms with van der Waals surface area (Å²) in [5.74, 6) is 3.12. The fraction of sp³-hybridized carbons (Fsp3) is 0.542. The zero-order valence-electron chi connectivity index (χ0n) is 19.4. The molecule has 5 rings (SSSR count). The standard InChI is InChI=1S/C24H32N6O2S/c1-18-14-23(30(25-18)20-6-4-3-5-7-20)27-10-8-26(9-11-27)21-15-22(29(16-21)19(2)31)24(32)28-12-13-33-17-28/h3-7,14,21-22H,8-13,15-17H2,1-2H3/p+1/t21-,22-/m0/s1. The average molecular weight is 470 g/mol. The summed E-state index contributed by atoms with van der Waals surface area (Å²) in [5, 5.41) is 4.72. The number of carbonyl (C=O) groups is 2. The second-order valence-corrected chi connectivity index (χ2v) is 10.4. The van der Waals surface area contributed by atoms with Crippen molar-refractivity contribution in [1.29, 1.82) is 0 Å². The lowest BCUT2D eigenvalue weighted by Gasteiger charge is -2.38. The summed E-state index contributed by atoms with van der Waals surface area (Å²) in [6.45, 7) is 8.73. The van der Waals surface area contributed by atoms with Crippen LogP contribution in [-0.2, 0) is 21.4 Å². The summed E-state index contributed by atoms with van der Waals surface area (Å²) >= 11 is 1.31. The maximum atomic E-state index is 13.1. The molecule has 3 saturated heterocycles. The predicted molar refractivity (Wildman–Crippen MR) is 132 cm³/mol. The Bertz CT molecular complexity index is 998. The first-order valence-corrected chi connectivity index (χ1v) is 13.1. The van der Waals surface area contributed by atoms with E-state index in [1.807, 2.05) is 39.6 Å². The van der Waals surface area contributed by atoms with Crippen molar-refractivity contribution < 1.29 is 9.59 Å². The van der Waals surface area contributed by atoms with Crippen LogP contribution >= 0.6 is 0 Å². The molecule has 9 heteroatoms. The number of benzene rings is 1. The Morgan fingerprint density at radius 3 is 2.48 bits per heavy atom. The van der Waals surface area contributed by atoms with Crippen molar-refractivity contribution in [3.05, 3.63) is 42.1 Å². The number of piperazine rings is 1. The second kappa shape index (κ2) is 9.38. The van der Waals surface area contributed by atoms with E-state index in [1.54, 1.807) is 6.92 Å². The molecule has 2 aromatic rings. The third-order valence-corrected chi connectivity index (χ3v) is 8.10. The van der Waals surface area contributed by atoms with Gasteiger partial charge in [-0.05, 0) is 37.2 Å². The number of aryl methyl sites for hydroxylation is 1. The van der Waals surface area contributed by atoms with Gasteiger partial charge in [-0.2, -0.15) is 5.10 Å². The number of hydrogen-bond donors (Lipinski definition) is 0. The molecule has 8 nitrogen and oxygen atoms in total. The van der Waals surface area contributed by atoms with Gasteiger partial charge >= 0.3 is 0 Å². The fourth-order valence-electron chi connectivity index (χ4n) is 5.29. The molecular formula is C24H33N6O2S+. The molecule has 4 heterocycles.